The van der Waals surface area contributed by atoms with Gasteiger partial charge in [0.05, 0.1) is 17.6 Å². The third-order valence-corrected chi connectivity index (χ3v) is 3.04. The van der Waals surface area contributed by atoms with E-state index in [1.165, 1.54) is 12.1 Å². The van der Waals surface area contributed by atoms with E-state index in [1.54, 1.807) is 6.07 Å². The van der Waals surface area contributed by atoms with Gasteiger partial charge in [0.2, 0.25) is 0 Å². The van der Waals surface area contributed by atoms with Gasteiger partial charge in [-0.25, -0.2) is 0 Å². The van der Waals surface area contributed by atoms with Crippen LogP contribution in [0.25, 0.3) is 0 Å². The summed E-state index contributed by atoms with van der Waals surface area (Å²) in [6.07, 6.45) is 0. The molecule has 0 spiro atoms. The van der Waals surface area contributed by atoms with Crippen LogP contribution < -0.4 is 10.1 Å². The van der Waals surface area contributed by atoms with Crippen molar-refractivity contribution in [1.82, 2.24) is 5.32 Å². The maximum absolute atomic E-state index is 10.8. The Kier molecular flexibility index (Phi) is 5.95. The molecule has 1 atom stereocenters. The highest BCUT2D eigenvalue weighted by Gasteiger charge is 2.13. The van der Waals surface area contributed by atoms with E-state index in [1.807, 2.05) is 0 Å². The van der Waals surface area contributed by atoms with Crippen molar-refractivity contribution >= 4 is 21.6 Å². The summed E-state index contributed by atoms with van der Waals surface area (Å²) < 4.78 is 6.27. The lowest BCUT2D eigenvalue weighted by Gasteiger charge is -2.23. The van der Waals surface area contributed by atoms with Crippen LogP contribution in [0.2, 0.25) is 0 Å². The normalized spacial score (nSPS) is 13.1. The van der Waals surface area contributed by atoms with E-state index in [0.717, 1.165) is 6.54 Å². The van der Waals surface area contributed by atoms with E-state index in [-0.39, 0.29) is 11.2 Å². The molecule has 0 heterocycles. The Bertz CT molecular complexity index is 472. The maximum Gasteiger partial charge on any atom is 0.274 e. The number of ether oxygens (including phenoxy) is 1. The number of rotatable bonds is 6. The molecule has 0 bridgehead atoms. The monoisotopic (exact) mass is 344 g/mol. The van der Waals surface area contributed by atoms with Gasteiger partial charge in [-0.15, -0.1) is 0 Å². The van der Waals surface area contributed by atoms with Gasteiger partial charge in [-0.05, 0) is 26.8 Å². The summed E-state index contributed by atoms with van der Waals surface area (Å²) in [7, 11) is 0. The molecule has 0 amide bonds. The van der Waals surface area contributed by atoms with Crippen molar-refractivity contribution in [3.8, 4) is 5.75 Å². The van der Waals surface area contributed by atoms with E-state index >= 15 is 0 Å². The Morgan fingerprint density at radius 3 is 2.60 bits per heavy atom. The lowest BCUT2D eigenvalue weighted by Crippen LogP contribution is -2.39. The predicted octanol–water partition coefficient (Wildman–Crippen LogP) is 3.76. The van der Waals surface area contributed by atoms with Crippen LogP contribution >= 0.6 is 15.9 Å². The van der Waals surface area contributed by atoms with Crippen molar-refractivity contribution in [2.45, 2.75) is 33.2 Å². The Morgan fingerprint density at radius 1 is 1.40 bits per heavy atom. The molecule has 0 saturated heterocycles. The van der Waals surface area contributed by atoms with Crippen LogP contribution in [0, 0.1) is 16.0 Å². The van der Waals surface area contributed by atoms with Gasteiger partial charge in [0.25, 0.3) is 5.69 Å². The molecule has 20 heavy (non-hydrogen) atoms. The van der Waals surface area contributed by atoms with Crippen molar-refractivity contribution in [1.29, 1.82) is 0 Å². The average Bonchev–Trinajstić information content (AvgIpc) is 2.32. The van der Waals surface area contributed by atoms with Crippen LogP contribution in [-0.2, 0) is 0 Å². The van der Waals surface area contributed by atoms with Crippen molar-refractivity contribution < 1.29 is 9.66 Å². The fraction of sp³-hybridized carbons (Fsp3) is 0.571. The third-order valence-electron chi connectivity index (χ3n) is 2.58. The largest absolute Gasteiger partial charge is 0.493 e. The number of hydrogen-bond acceptors (Lipinski definition) is 4. The second kappa shape index (κ2) is 7.04. The molecule has 6 heteroatoms. The lowest BCUT2D eigenvalue weighted by atomic mass is 10.1. The molecule has 0 aliphatic carbocycles. The molecule has 0 radical (unpaired) electrons. The number of hydrogen-bond donors (Lipinski definition) is 1. The molecule has 1 aromatic carbocycles. The third kappa shape index (κ3) is 6.34. The Labute approximate surface area is 128 Å². The smallest absolute Gasteiger partial charge is 0.274 e. The van der Waals surface area contributed by atoms with Crippen LogP contribution in [0.4, 0.5) is 5.69 Å². The van der Waals surface area contributed by atoms with E-state index in [9.17, 15) is 10.1 Å². The molecule has 0 aliphatic rings. The SMILES string of the molecule is CC(CNC(C)(C)C)COc1cc(Br)cc([N+](=O)[O-])c1. The zero-order chi connectivity index (χ0) is 15.3. The van der Waals surface area contributed by atoms with Gasteiger partial charge < -0.3 is 10.1 Å². The van der Waals surface area contributed by atoms with E-state index in [0.29, 0.717) is 22.7 Å². The number of nitro benzene ring substituents is 1. The molecule has 0 saturated carbocycles. The van der Waals surface area contributed by atoms with Crippen molar-refractivity contribution in [3.05, 3.63) is 32.8 Å². The van der Waals surface area contributed by atoms with Gasteiger partial charge in [0.15, 0.2) is 0 Å². The average molecular weight is 345 g/mol. The topological polar surface area (TPSA) is 64.4 Å². The zero-order valence-corrected chi connectivity index (χ0v) is 13.9. The molecule has 1 N–H and O–H groups in total. The van der Waals surface area contributed by atoms with Crippen LogP contribution in [0.15, 0.2) is 22.7 Å². The van der Waals surface area contributed by atoms with E-state index in [4.69, 9.17) is 4.74 Å². The molecule has 0 aliphatic heterocycles. The summed E-state index contributed by atoms with van der Waals surface area (Å²) in [5.41, 5.74) is 0.0952. The standard InChI is InChI=1S/C14H21BrN2O3/c1-10(8-16-14(2,3)4)9-20-13-6-11(15)5-12(7-13)17(18)19/h5-7,10,16H,8-9H2,1-4H3. The highest BCUT2D eigenvalue weighted by molar-refractivity contribution is 9.10. The molecular formula is C14H21BrN2O3. The number of non-ortho nitro benzene ring substituents is 1. The van der Waals surface area contributed by atoms with Crippen LogP contribution in [0.3, 0.4) is 0 Å². The molecule has 0 aromatic heterocycles. The Morgan fingerprint density at radius 2 is 2.05 bits per heavy atom. The number of nitro groups is 1. The maximum atomic E-state index is 10.8. The van der Waals surface area contributed by atoms with Gasteiger partial charge in [0, 0.05) is 28.5 Å². The van der Waals surface area contributed by atoms with Crippen LogP contribution in [0.1, 0.15) is 27.7 Å². The first-order valence-corrected chi connectivity index (χ1v) is 7.29. The number of nitrogens with one attached hydrogen (secondary N) is 1. The van der Waals surface area contributed by atoms with E-state index < -0.39 is 4.92 Å². The lowest BCUT2D eigenvalue weighted by molar-refractivity contribution is -0.385. The highest BCUT2D eigenvalue weighted by Crippen LogP contribution is 2.26. The molecule has 1 rings (SSSR count). The molecule has 1 unspecified atom stereocenters. The minimum absolute atomic E-state index is 0.0230. The zero-order valence-electron chi connectivity index (χ0n) is 12.3. The van der Waals surface area contributed by atoms with Gasteiger partial charge >= 0.3 is 0 Å². The summed E-state index contributed by atoms with van der Waals surface area (Å²) in [5.74, 6) is 0.820. The molecule has 0 fully saturated rings. The molecule has 1 aromatic rings. The minimum atomic E-state index is -0.428. The number of nitrogens with zero attached hydrogens (tertiary/aromatic N) is 1. The molecule has 112 valence electrons. The first-order valence-electron chi connectivity index (χ1n) is 6.50. The first-order chi connectivity index (χ1) is 9.17. The second-order valence-corrected chi connectivity index (χ2v) is 6.86. The Balaban J connectivity index is 2.55. The van der Waals surface area contributed by atoms with Gasteiger partial charge in [-0.2, -0.15) is 0 Å². The first kappa shape index (κ1) is 16.9. The summed E-state index contributed by atoms with van der Waals surface area (Å²) in [6, 6.07) is 4.63. The van der Waals surface area contributed by atoms with E-state index in [2.05, 4.69) is 48.9 Å². The predicted molar refractivity (Wildman–Crippen MR) is 83.2 cm³/mol. The van der Waals surface area contributed by atoms with Gasteiger partial charge in [-0.3, -0.25) is 10.1 Å². The molecule has 5 nitrogen and oxygen atoms in total. The van der Waals surface area contributed by atoms with Crippen LogP contribution in [-0.4, -0.2) is 23.6 Å². The van der Waals surface area contributed by atoms with Crippen molar-refractivity contribution in [3.63, 3.8) is 0 Å². The quantitative estimate of drug-likeness (QED) is 0.630. The van der Waals surface area contributed by atoms with Gasteiger partial charge in [-0.1, -0.05) is 22.9 Å². The van der Waals surface area contributed by atoms with Crippen LogP contribution in [0.5, 0.6) is 5.75 Å². The second-order valence-electron chi connectivity index (χ2n) is 5.95. The molecular weight excluding hydrogens is 324 g/mol. The number of halogens is 1. The van der Waals surface area contributed by atoms with Crippen molar-refractivity contribution in [2.24, 2.45) is 5.92 Å². The fourth-order valence-corrected chi connectivity index (χ4v) is 1.97. The van der Waals surface area contributed by atoms with Gasteiger partial charge in [0.1, 0.15) is 5.75 Å². The summed E-state index contributed by atoms with van der Waals surface area (Å²) in [5, 5.41) is 14.2. The summed E-state index contributed by atoms with van der Waals surface area (Å²) in [4.78, 5) is 10.3. The summed E-state index contributed by atoms with van der Waals surface area (Å²) >= 11 is 3.25. The van der Waals surface area contributed by atoms with Crippen molar-refractivity contribution in [2.75, 3.05) is 13.2 Å². The number of benzene rings is 1. The Hall–Kier alpha value is -1.14. The summed E-state index contributed by atoms with van der Waals surface area (Å²) in [6.45, 7) is 9.75. The fourth-order valence-electron chi connectivity index (χ4n) is 1.51. The minimum Gasteiger partial charge on any atom is -0.493 e. The highest BCUT2D eigenvalue weighted by atomic mass is 79.9.